The van der Waals surface area contributed by atoms with Crippen molar-refractivity contribution >= 4 is 27.5 Å². The molecule has 0 aliphatic heterocycles. The number of hydrogen-bond acceptors (Lipinski definition) is 2. The highest BCUT2D eigenvalue weighted by atomic mass is 79.9. The van der Waals surface area contributed by atoms with Crippen LogP contribution in [-0.2, 0) is 4.79 Å². The van der Waals surface area contributed by atoms with Gasteiger partial charge in [0.05, 0.1) is 0 Å². The Morgan fingerprint density at radius 3 is 2.41 bits per heavy atom. The molecule has 1 rings (SSSR count). The quantitative estimate of drug-likeness (QED) is 0.897. The normalized spacial score (nSPS) is 12.3. The second-order valence-corrected chi connectivity index (χ2v) is 5.39. The predicted molar refractivity (Wildman–Crippen MR) is 75.1 cm³/mol. The zero-order chi connectivity index (χ0) is 13.0. The molecule has 0 heterocycles. The molecule has 1 atom stereocenters. The minimum absolute atomic E-state index is 0.0239. The van der Waals surface area contributed by atoms with Crippen LogP contribution < -0.4 is 11.1 Å². The molecule has 0 spiro atoms. The molecule has 1 unspecified atom stereocenters. The molecule has 0 radical (unpaired) electrons. The molecule has 3 N–H and O–H groups in total. The lowest BCUT2D eigenvalue weighted by Gasteiger charge is -2.12. The van der Waals surface area contributed by atoms with Gasteiger partial charge in [0.15, 0.2) is 0 Å². The molecule has 17 heavy (non-hydrogen) atoms. The number of carbonyl (C=O) groups excluding carboxylic acids is 1. The van der Waals surface area contributed by atoms with Crippen molar-refractivity contribution in [3.05, 3.63) is 27.7 Å². The summed E-state index contributed by atoms with van der Waals surface area (Å²) in [7, 11) is 0. The topological polar surface area (TPSA) is 55.1 Å². The molecule has 0 aliphatic rings. The Hall–Kier alpha value is -0.870. The number of hydrogen-bond donors (Lipinski definition) is 2. The average Bonchev–Trinajstić information content (AvgIpc) is 2.20. The van der Waals surface area contributed by atoms with E-state index in [1.807, 2.05) is 32.9 Å². The molecular weight excluding hydrogens is 280 g/mol. The molecule has 3 nitrogen and oxygen atoms in total. The zero-order valence-corrected chi connectivity index (χ0v) is 12.1. The maximum absolute atomic E-state index is 11.7. The van der Waals surface area contributed by atoms with Gasteiger partial charge in [0.25, 0.3) is 0 Å². The summed E-state index contributed by atoms with van der Waals surface area (Å²) in [5, 5.41) is 2.95. The fraction of sp³-hybridized carbons (Fsp3) is 0.462. The Morgan fingerprint density at radius 1 is 1.41 bits per heavy atom. The summed E-state index contributed by atoms with van der Waals surface area (Å²) in [6.45, 7) is 5.88. The monoisotopic (exact) mass is 298 g/mol. The van der Waals surface area contributed by atoms with E-state index in [0.717, 1.165) is 21.3 Å². The summed E-state index contributed by atoms with van der Waals surface area (Å²) < 4.78 is 1.03. The van der Waals surface area contributed by atoms with Crippen molar-refractivity contribution in [2.24, 2.45) is 5.73 Å². The van der Waals surface area contributed by atoms with E-state index in [9.17, 15) is 4.79 Å². The van der Waals surface area contributed by atoms with Crippen molar-refractivity contribution in [2.45, 2.75) is 39.7 Å². The van der Waals surface area contributed by atoms with Gasteiger partial charge < -0.3 is 11.1 Å². The van der Waals surface area contributed by atoms with Crippen LogP contribution in [0.5, 0.6) is 0 Å². The number of rotatable bonds is 4. The van der Waals surface area contributed by atoms with E-state index in [2.05, 4.69) is 21.2 Å². The van der Waals surface area contributed by atoms with Gasteiger partial charge in [0, 0.05) is 22.6 Å². The van der Waals surface area contributed by atoms with E-state index in [1.54, 1.807) is 0 Å². The lowest BCUT2D eigenvalue weighted by molar-refractivity contribution is -0.116. The summed E-state index contributed by atoms with van der Waals surface area (Å²) in [5.74, 6) is 0.0239. The van der Waals surface area contributed by atoms with E-state index in [4.69, 9.17) is 5.73 Å². The number of halogens is 1. The number of benzene rings is 1. The van der Waals surface area contributed by atoms with Crippen LogP contribution in [0.25, 0.3) is 0 Å². The molecule has 0 bridgehead atoms. The fourth-order valence-electron chi connectivity index (χ4n) is 1.67. The lowest BCUT2D eigenvalue weighted by atomic mass is 10.1. The molecule has 0 saturated carbocycles. The molecule has 94 valence electrons. The van der Waals surface area contributed by atoms with E-state index in [-0.39, 0.29) is 11.9 Å². The fourth-order valence-corrected chi connectivity index (χ4v) is 2.36. The summed E-state index contributed by atoms with van der Waals surface area (Å²) in [4.78, 5) is 11.7. The van der Waals surface area contributed by atoms with Crippen LogP contribution in [0.1, 0.15) is 30.9 Å². The van der Waals surface area contributed by atoms with Crippen LogP contribution in [0, 0.1) is 13.8 Å². The molecular formula is C13H19BrN2O. The maximum atomic E-state index is 11.7. The van der Waals surface area contributed by atoms with Crippen LogP contribution in [0.4, 0.5) is 5.69 Å². The van der Waals surface area contributed by atoms with Crippen LogP contribution in [0.3, 0.4) is 0 Å². The molecule has 0 fully saturated rings. The van der Waals surface area contributed by atoms with Crippen molar-refractivity contribution < 1.29 is 4.79 Å². The van der Waals surface area contributed by atoms with Gasteiger partial charge in [-0.15, -0.1) is 0 Å². The summed E-state index contributed by atoms with van der Waals surface area (Å²) in [5.41, 5.74) is 8.66. The van der Waals surface area contributed by atoms with E-state index < -0.39 is 0 Å². The van der Waals surface area contributed by atoms with Gasteiger partial charge in [-0.2, -0.15) is 0 Å². The Morgan fingerprint density at radius 2 is 1.94 bits per heavy atom. The van der Waals surface area contributed by atoms with Gasteiger partial charge in [-0.3, -0.25) is 4.79 Å². The number of carbonyl (C=O) groups is 1. The van der Waals surface area contributed by atoms with Gasteiger partial charge in [0.2, 0.25) is 5.91 Å². The third kappa shape index (κ3) is 4.48. The Kier molecular flexibility index (Phi) is 5.15. The van der Waals surface area contributed by atoms with E-state index in [1.165, 1.54) is 0 Å². The zero-order valence-electron chi connectivity index (χ0n) is 10.5. The van der Waals surface area contributed by atoms with Crippen molar-refractivity contribution in [3.8, 4) is 0 Å². The van der Waals surface area contributed by atoms with E-state index >= 15 is 0 Å². The third-order valence-electron chi connectivity index (χ3n) is 2.59. The first kappa shape index (κ1) is 14.2. The first-order valence-corrected chi connectivity index (χ1v) is 6.51. The highest BCUT2D eigenvalue weighted by Gasteiger charge is 2.09. The second kappa shape index (κ2) is 6.17. The number of amides is 1. The van der Waals surface area contributed by atoms with Crippen molar-refractivity contribution in [1.29, 1.82) is 0 Å². The predicted octanol–water partition coefficient (Wildman–Crippen LogP) is 3.13. The second-order valence-electron chi connectivity index (χ2n) is 4.48. The molecule has 1 aromatic rings. The summed E-state index contributed by atoms with van der Waals surface area (Å²) in [6, 6.07) is 4.05. The van der Waals surface area contributed by atoms with Gasteiger partial charge in [-0.25, -0.2) is 0 Å². The standard InChI is InChI=1S/C13H19BrN2O/c1-8-6-11(14)7-9(2)13(8)16-12(17)5-4-10(3)15/h6-7,10H,4-5,15H2,1-3H3,(H,16,17). The maximum Gasteiger partial charge on any atom is 0.224 e. The van der Waals surface area contributed by atoms with Gasteiger partial charge >= 0.3 is 0 Å². The number of anilines is 1. The van der Waals surface area contributed by atoms with Crippen LogP contribution in [-0.4, -0.2) is 11.9 Å². The molecule has 1 amide bonds. The van der Waals surface area contributed by atoms with E-state index in [0.29, 0.717) is 12.8 Å². The molecule has 4 heteroatoms. The van der Waals surface area contributed by atoms with Crippen molar-refractivity contribution in [3.63, 3.8) is 0 Å². The van der Waals surface area contributed by atoms with Crippen LogP contribution in [0.2, 0.25) is 0 Å². The largest absolute Gasteiger partial charge is 0.328 e. The van der Waals surface area contributed by atoms with Crippen LogP contribution in [0.15, 0.2) is 16.6 Å². The highest BCUT2D eigenvalue weighted by molar-refractivity contribution is 9.10. The van der Waals surface area contributed by atoms with Crippen LogP contribution >= 0.6 is 15.9 Å². The molecule has 0 saturated heterocycles. The number of aryl methyl sites for hydroxylation is 2. The van der Waals surface area contributed by atoms with Gasteiger partial charge in [-0.05, 0) is 50.5 Å². The van der Waals surface area contributed by atoms with Crippen molar-refractivity contribution in [1.82, 2.24) is 0 Å². The summed E-state index contributed by atoms with van der Waals surface area (Å²) >= 11 is 3.43. The average molecular weight is 299 g/mol. The SMILES string of the molecule is Cc1cc(Br)cc(C)c1NC(=O)CCC(C)N. The Labute approximate surface area is 111 Å². The number of nitrogens with two attached hydrogens (primary N) is 1. The Bertz CT molecular complexity index is 393. The first-order chi connectivity index (χ1) is 7.90. The van der Waals surface area contributed by atoms with Gasteiger partial charge in [-0.1, -0.05) is 15.9 Å². The summed E-state index contributed by atoms with van der Waals surface area (Å²) in [6.07, 6.45) is 1.17. The highest BCUT2D eigenvalue weighted by Crippen LogP contribution is 2.25. The van der Waals surface area contributed by atoms with Gasteiger partial charge in [0.1, 0.15) is 0 Å². The number of nitrogens with one attached hydrogen (secondary N) is 1. The Balaban J connectivity index is 2.72. The third-order valence-corrected chi connectivity index (χ3v) is 3.05. The minimum atomic E-state index is 0.0239. The molecule has 0 aliphatic carbocycles. The smallest absolute Gasteiger partial charge is 0.224 e. The molecule has 1 aromatic carbocycles. The lowest BCUT2D eigenvalue weighted by Crippen LogP contribution is -2.20. The minimum Gasteiger partial charge on any atom is -0.328 e. The first-order valence-electron chi connectivity index (χ1n) is 5.72. The van der Waals surface area contributed by atoms with Crippen molar-refractivity contribution in [2.75, 3.05) is 5.32 Å². The molecule has 0 aromatic heterocycles.